The summed E-state index contributed by atoms with van der Waals surface area (Å²) in [4.78, 5) is 24.3. The molecule has 2 aromatic carbocycles. The first kappa shape index (κ1) is 29.8. The number of nitrogens with one attached hydrogen (secondary N) is 1. The van der Waals surface area contributed by atoms with Crippen LogP contribution in [-0.2, 0) is 16.1 Å². The Bertz CT molecular complexity index is 1520. The Morgan fingerprint density at radius 2 is 1.68 bits per heavy atom. The van der Waals surface area contributed by atoms with Gasteiger partial charge in [-0.3, -0.25) is 4.79 Å². The topological polar surface area (TPSA) is 104 Å². The second-order valence-corrected chi connectivity index (χ2v) is 9.84. The van der Waals surface area contributed by atoms with Crippen LogP contribution in [0.5, 0.6) is 11.5 Å². The molecule has 0 aliphatic rings. The van der Waals surface area contributed by atoms with Gasteiger partial charge < -0.3 is 23.2 Å². The predicted octanol–water partition coefficient (Wildman–Crippen LogP) is 6.67. The van der Waals surface area contributed by atoms with Crippen molar-refractivity contribution < 1.29 is 28.2 Å². The van der Waals surface area contributed by atoms with Crippen molar-refractivity contribution in [1.82, 2.24) is 9.99 Å². The molecular formula is C30H29Cl2N3O6. The maximum atomic E-state index is 12.5. The second kappa shape index (κ2) is 13.4. The van der Waals surface area contributed by atoms with Gasteiger partial charge in [0.05, 0.1) is 22.9 Å². The standard InChI is InChI=1S/C30H29Cl2N3O6/c1-5-38-30(37)20(4)40-28-25(31)14-21(15-26(28)32)16-33-34-29(36)27-13-12-24(41-27)17-39-23-10-8-22(9-11-23)35-18(2)6-7-19(35)3/h6-16,20H,5,17H2,1-4H3,(H,34,36)/b33-16+/t20-/m0/s1. The summed E-state index contributed by atoms with van der Waals surface area (Å²) in [6.07, 6.45) is 0.471. The van der Waals surface area contributed by atoms with Gasteiger partial charge in [-0.2, -0.15) is 5.10 Å². The van der Waals surface area contributed by atoms with Gasteiger partial charge >= 0.3 is 11.9 Å². The van der Waals surface area contributed by atoms with Crippen LogP contribution < -0.4 is 14.9 Å². The van der Waals surface area contributed by atoms with Crippen molar-refractivity contribution in [3.8, 4) is 17.2 Å². The normalized spacial score (nSPS) is 11.9. The van der Waals surface area contributed by atoms with Crippen LogP contribution in [0.1, 0.15) is 47.1 Å². The van der Waals surface area contributed by atoms with E-state index >= 15 is 0 Å². The summed E-state index contributed by atoms with van der Waals surface area (Å²) >= 11 is 12.6. The van der Waals surface area contributed by atoms with E-state index in [0.717, 1.165) is 17.1 Å². The Kier molecular flexibility index (Phi) is 9.75. The number of amides is 1. The number of hydrazone groups is 1. The smallest absolute Gasteiger partial charge is 0.347 e. The third-order valence-corrected chi connectivity index (χ3v) is 6.51. The number of aromatic nitrogens is 1. The summed E-state index contributed by atoms with van der Waals surface area (Å²) in [5.41, 5.74) is 6.24. The number of esters is 1. The molecule has 4 aromatic rings. The molecule has 0 aliphatic carbocycles. The van der Waals surface area contributed by atoms with Gasteiger partial charge in [0.15, 0.2) is 17.6 Å². The van der Waals surface area contributed by atoms with Gasteiger partial charge in [-0.15, -0.1) is 0 Å². The van der Waals surface area contributed by atoms with Gasteiger partial charge in [-0.05, 0) is 93.9 Å². The lowest BCUT2D eigenvalue weighted by Gasteiger charge is -2.16. The number of furan rings is 1. The van der Waals surface area contributed by atoms with Crippen LogP contribution in [0.15, 0.2) is 70.2 Å². The first-order chi connectivity index (χ1) is 19.7. The maximum Gasteiger partial charge on any atom is 0.347 e. The van der Waals surface area contributed by atoms with Crippen molar-refractivity contribution in [2.45, 2.75) is 40.4 Å². The second-order valence-electron chi connectivity index (χ2n) is 9.02. The quantitative estimate of drug-likeness (QED) is 0.118. The Balaban J connectivity index is 1.30. The number of ether oxygens (including phenoxy) is 3. The fourth-order valence-corrected chi connectivity index (χ4v) is 4.56. The van der Waals surface area contributed by atoms with Crippen LogP contribution in [0.3, 0.4) is 0 Å². The van der Waals surface area contributed by atoms with Gasteiger partial charge in [0.1, 0.15) is 18.1 Å². The first-order valence-electron chi connectivity index (χ1n) is 12.8. The summed E-state index contributed by atoms with van der Waals surface area (Å²) in [6.45, 7) is 7.73. The highest BCUT2D eigenvalue weighted by Gasteiger charge is 2.19. The SMILES string of the molecule is CCOC(=O)[C@H](C)Oc1c(Cl)cc(/C=N/NC(=O)c2ccc(COc3ccc(-n4c(C)ccc4C)cc3)o2)cc1Cl. The molecule has 0 bridgehead atoms. The van der Waals surface area contributed by atoms with Crippen LogP contribution in [0.2, 0.25) is 10.0 Å². The molecule has 41 heavy (non-hydrogen) atoms. The summed E-state index contributed by atoms with van der Waals surface area (Å²) in [5, 5.41) is 4.27. The van der Waals surface area contributed by atoms with E-state index in [1.807, 2.05) is 24.3 Å². The van der Waals surface area contributed by atoms with Crippen molar-refractivity contribution in [3.63, 3.8) is 0 Å². The summed E-state index contributed by atoms with van der Waals surface area (Å²) < 4.78 is 24.0. The summed E-state index contributed by atoms with van der Waals surface area (Å²) in [7, 11) is 0. The van der Waals surface area contributed by atoms with E-state index in [9.17, 15) is 9.59 Å². The number of carbonyl (C=O) groups is 2. The number of halogens is 2. The molecule has 9 nitrogen and oxygen atoms in total. The van der Waals surface area contributed by atoms with Crippen LogP contribution >= 0.6 is 23.2 Å². The van der Waals surface area contributed by atoms with Gasteiger partial charge in [-0.25, -0.2) is 10.2 Å². The van der Waals surface area contributed by atoms with Crippen molar-refractivity contribution in [3.05, 3.63) is 99.2 Å². The molecule has 4 rings (SSSR count). The molecule has 0 unspecified atom stereocenters. The Morgan fingerprint density at radius 3 is 2.32 bits per heavy atom. The van der Waals surface area contributed by atoms with Gasteiger partial charge in [0.2, 0.25) is 0 Å². The highest BCUT2D eigenvalue weighted by Crippen LogP contribution is 2.34. The number of hydrogen-bond donors (Lipinski definition) is 1. The fourth-order valence-electron chi connectivity index (χ4n) is 3.97. The van der Waals surface area contributed by atoms with E-state index in [-0.39, 0.29) is 34.8 Å². The lowest BCUT2D eigenvalue weighted by molar-refractivity contribution is -0.150. The molecule has 2 heterocycles. The minimum atomic E-state index is -0.892. The number of carbonyl (C=O) groups excluding carboxylic acids is 2. The average molecular weight is 598 g/mol. The highest BCUT2D eigenvalue weighted by atomic mass is 35.5. The van der Waals surface area contributed by atoms with Gasteiger partial charge in [0.25, 0.3) is 0 Å². The minimum Gasteiger partial charge on any atom is -0.486 e. The molecule has 0 saturated heterocycles. The zero-order valence-electron chi connectivity index (χ0n) is 22.9. The highest BCUT2D eigenvalue weighted by molar-refractivity contribution is 6.37. The molecular weight excluding hydrogens is 569 g/mol. The molecule has 0 saturated carbocycles. The Labute approximate surface area is 247 Å². The Morgan fingerprint density at radius 1 is 1.02 bits per heavy atom. The molecule has 214 valence electrons. The van der Waals surface area contributed by atoms with Crippen LogP contribution in [-0.4, -0.2) is 35.4 Å². The Hall–Kier alpha value is -4.21. The largest absolute Gasteiger partial charge is 0.486 e. The van der Waals surface area contributed by atoms with E-state index in [2.05, 4.69) is 41.1 Å². The van der Waals surface area contributed by atoms with Crippen LogP contribution in [0.4, 0.5) is 0 Å². The lowest BCUT2D eigenvalue weighted by atomic mass is 10.2. The van der Waals surface area contributed by atoms with Gasteiger partial charge in [-0.1, -0.05) is 23.2 Å². The number of rotatable bonds is 11. The number of aryl methyl sites for hydroxylation is 2. The third kappa shape index (κ3) is 7.50. The van der Waals surface area contributed by atoms with Crippen molar-refractivity contribution in [2.24, 2.45) is 5.10 Å². The van der Waals surface area contributed by atoms with Crippen LogP contribution in [0.25, 0.3) is 5.69 Å². The van der Waals surface area contributed by atoms with Crippen molar-refractivity contribution in [2.75, 3.05) is 6.61 Å². The lowest BCUT2D eigenvalue weighted by Crippen LogP contribution is -2.26. The van der Waals surface area contributed by atoms with E-state index in [1.54, 1.807) is 13.0 Å². The van der Waals surface area contributed by atoms with E-state index in [0.29, 0.717) is 17.1 Å². The molecule has 0 spiro atoms. The summed E-state index contributed by atoms with van der Waals surface area (Å²) in [6, 6.07) is 18.2. The summed E-state index contributed by atoms with van der Waals surface area (Å²) in [5.74, 6) is 0.284. The van der Waals surface area contributed by atoms with E-state index < -0.39 is 18.0 Å². The molecule has 1 N–H and O–H groups in total. The molecule has 0 aliphatic heterocycles. The molecule has 11 heteroatoms. The molecule has 0 radical (unpaired) electrons. The monoisotopic (exact) mass is 597 g/mol. The predicted molar refractivity (Wildman–Crippen MR) is 157 cm³/mol. The number of hydrogen-bond acceptors (Lipinski definition) is 7. The van der Waals surface area contributed by atoms with Crippen LogP contribution in [0, 0.1) is 13.8 Å². The number of benzene rings is 2. The zero-order chi connectivity index (χ0) is 29.5. The minimum absolute atomic E-state index is 0.0717. The van der Waals surface area contributed by atoms with E-state index in [1.165, 1.54) is 31.3 Å². The first-order valence-corrected chi connectivity index (χ1v) is 13.5. The average Bonchev–Trinajstić information content (AvgIpc) is 3.56. The number of nitrogens with zero attached hydrogens (tertiary/aromatic N) is 2. The molecule has 1 amide bonds. The van der Waals surface area contributed by atoms with E-state index in [4.69, 9.17) is 41.8 Å². The fraction of sp³-hybridized carbons (Fsp3) is 0.233. The maximum absolute atomic E-state index is 12.5. The molecule has 1 atom stereocenters. The molecule has 0 fully saturated rings. The van der Waals surface area contributed by atoms with Crippen molar-refractivity contribution in [1.29, 1.82) is 0 Å². The van der Waals surface area contributed by atoms with Crippen molar-refractivity contribution >= 4 is 41.3 Å². The zero-order valence-corrected chi connectivity index (χ0v) is 24.5. The van der Waals surface area contributed by atoms with Gasteiger partial charge in [0, 0.05) is 17.1 Å². The third-order valence-electron chi connectivity index (χ3n) is 5.95. The molecule has 2 aromatic heterocycles.